The molecule has 0 bridgehead atoms. The first-order valence-corrected chi connectivity index (χ1v) is 9.13. The molecule has 0 fully saturated rings. The molecule has 24 heavy (non-hydrogen) atoms. The number of likely N-dealkylation sites (N-methyl/N-ethyl adjacent to an activating group) is 2. The van der Waals surface area contributed by atoms with Crippen LogP contribution >= 0.6 is 23.5 Å². The first kappa shape index (κ1) is 20.9. The molecule has 0 aromatic heterocycles. The van der Waals surface area contributed by atoms with Crippen LogP contribution in [0.3, 0.4) is 0 Å². The zero-order chi connectivity index (χ0) is 17.9. The van der Waals surface area contributed by atoms with Crippen molar-refractivity contribution in [1.82, 2.24) is 30.9 Å². The Kier molecular flexibility index (Phi) is 9.90. The highest BCUT2D eigenvalue weighted by molar-refractivity contribution is 8.19. The van der Waals surface area contributed by atoms with Gasteiger partial charge in [0.25, 0.3) is 0 Å². The van der Waals surface area contributed by atoms with E-state index >= 15 is 0 Å². The summed E-state index contributed by atoms with van der Waals surface area (Å²) < 4.78 is 0. The average Bonchev–Trinajstić information content (AvgIpc) is 2.98. The van der Waals surface area contributed by atoms with Crippen LogP contribution in [-0.4, -0.2) is 84.5 Å². The summed E-state index contributed by atoms with van der Waals surface area (Å²) in [6.07, 6.45) is 0. The van der Waals surface area contributed by atoms with Crippen molar-refractivity contribution in [2.24, 2.45) is 21.9 Å². The second kappa shape index (κ2) is 11.4. The van der Waals surface area contributed by atoms with Crippen molar-refractivity contribution in [2.45, 2.75) is 0 Å². The maximum Gasteiger partial charge on any atom is 0.204 e. The van der Waals surface area contributed by atoms with Crippen molar-refractivity contribution in [1.29, 1.82) is 0 Å². The topological polar surface area (TPSA) is 114 Å². The SMILES string of the molecule is CN(C)CCN1NNN=C1S/C=C/S/C(=N/N)N(N)CCN(C)C. The highest BCUT2D eigenvalue weighted by Gasteiger charge is 2.16. The van der Waals surface area contributed by atoms with Gasteiger partial charge in [0.05, 0.1) is 6.54 Å². The van der Waals surface area contributed by atoms with Gasteiger partial charge < -0.3 is 15.6 Å². The van der Waals surface area contributed by atoms with Gasteiger partial charge in [-0.1, -0.05) is 23.5 Å². The van der Waals surface area contributed by atoms with Crippen LogP contribution in [0.25, 0.3) is 0 Å². The number of nitrogens with zero attached hydrogens (tertiary/aromatic N) is 6. The molecule has 12 heteroatoms. The molecule has 0 aromatic rings. The second-order valence-corrected chi connectivity index (χ2v) is 7.24. The zero-order valence-electron chi connectivity index (χ0n) is 14.6. The second-order valence-electron chi connectivity index (χ2n) is 5.49. The number of hydrogen-bond donors (Lipinski definition) is 4. The number of amidine groups is 2. The van der Waals surface area contributed by atoms with E-state index in [9.17, 15) is 0 Å². The van der Waals surface area contributed by atoms with Gasteiger partial charge in [0.2, 0.25) is 10.3 Å². The molecule has 0 atom stereocenters. The third-order valence-corrected chi connectivity index (χ3v) is 4.67. The Morgan fingerprint density at radius 3 is 2.54 bits per heavy atom. The molecule has 1 aliphatic rings. The molecule has 0 amide bonds. The molecular weight excluding hydrogens is 348 g/mol. The number of nitrogens with one attached hydrogen (secondary N) is 2. The highest BCUT2D eigenvalue weighted by atomic mass is 32.2. The predicted molar refractivity (Wildman–Crippen MR) is 104 cm³/mol. The smallest absolute Gasteiger partial charge is 0.204 e. The number of nitrogens with two attached hydrogens (primary N) is 2. The summed E-state index contributed by atoms with van der Waals surface area (Å²) in [5.74, 6) is 11.4. The Balaban J connectivity index is 2.37. The van der Waals surface area contributed by atoms with Gasteiger partial charge in [0, 0.05) is 19.6 Å². The summed E-state index contributed by atoms with van der Waals surface area (Å²) in [6, 6.07) is 0. The molecule has 0 spiro atoms. The number of hydrogen-bond acceptors (Lipinski definition) is 11. The lowest BCUT2D eigenvalue weighted by atomic mass is 10.6. The van der Waals surface area contributed by atoms with Crippen LogP contribution in [-0.2, 0) is 0 Å². The van der Waals surface area contributed by atoms with Gasteiger partial charge in [0.15, 0.2) is 0 Å². The van der Waals surface area contributed by atoms with Crippen LogP contribution in [0.4, 0.5) is 0 Å². The lowest BCUT2D eigenvalue weighted by Crippen LogP contribution is -2.43. The van der Waals surface area contributed by atoms with E-state index in [2.05, 4.69) is 26.2 Å². The molecule has 6 N–H and O–H groups in total. The molecule has 0 saturated carbocycles. The third-order valence-electron chi connectivity index (χ3n) is 2.88. The molecule has 0 unspecified atom stereocenters. The molecule has 0 aliphatic carbocycles. The molecule has 10 nitrogen and oxygen atoms in total. The number of hydrazone groups is 2. The first-order valence-electron chi connectivity index (χ1n) is 7.37. The van der Waals surface area contributed by atoms with Gasteiger partial charge in [-0.2, -0.15) is 5.10 Å². The fourth-order valence-corrected chi connectivity index (χ4v) is 2.87. The van der Waals surface area contributed by atoms with E-state index in [1.165, 1.54) is 23.5 Å². The van der Waals surface area contributed by atoms with Gasteiger partial charge in [-0.15, -0.1) is 10.6 Å². The summed E-state index contributed by atoms with van der Waals surface area (Å²) in [4.78, 5) is 4.16. The van der Waals surface area contributed by atoms with Crippen molar-refractivity contribution >= 4 is 33.9 Å². The molecule has 0 radical (unpaired) electrons. The van der Waals surface area contributed by atoms with Crippen LogP contribution in [0, 0.1) is 0 Å². The summed E-state index contributed by atoms with van der Waals surface area (Å²) >= 11 is 2.86. The standard InChI is InChI=1S/C12H28N10S2/c1-19(2)5-7-21(14)11(15-13)23-9-10-24-12-16-17-18-22(12)8-6-20(3)4/h9-10,17-18H,5-8,13-14H2,1-4H3/b10-9+,15-11+. The minimum absolute atomic E-state index is 0.558. The van der Waals surface area contributed by atoms with Crippen LogP contribution in [0.1, 0.15) is 0 Å². The van der Waals surface area contributed by atoms with Gasteiger partial charge in [-0.05, 0) is 39.0 Å². The molecular formula is C12H28N10S2. The summed E-state index contributed by atoms with van der Waals surface area (Å²) in [7, 11) is 8.05. The normalized spacial score (nSPS) is 15.5. The molecule has 1 rings (SSSR count). The van der Waals surface area contributed by atoms with E-state index in [-0.39, 0.29) is 0 Å². The van der Waals surface area contributed by atoms with Gasteiger partial charge in [-0.3, -0.25) is 10.0 Å². The summed E-state index contributed by atoms with van der Waals surface area (Å²) in [6.45, 7) is 3.22. The van der Waals surface area contributed by atoms with Crippen molar-refractivity contribution in [3.8, 4) is 0 Å². The lowest BCUT2D eigenvalue weighted by molar-refractivity contribution is 0.262. The lowest BCUT2D eigenvalue weighted by Gasteiger charge is -2.20. The fraction of sp³-hybridized carbons (Fsp3) is 0.667. The first-order chi connectivity index (χ1) is 11.4. The van der Waals surface area contributed by atoms with Crippen molar-refractivity contribution in [2.75, 3.05) is 54.4 Å². The minimum atomic E-state index is 0.558. The Morgan fingerprint density at radius 2 is 1.92 bits per heavy atom. The van der Waals surface area contributed by atoms with E-state index in [0.29, 0.717) is 11.7 Å². The van der Waals surface area contributed by atoms with E-state index in [4.69, 9.17) is 11.7 Å². The van der Waals surface area contributed by atoms with E-state index in [0.717, 1.165) is 24.8 Å². The van der Waals surface area contributed by atoms with Crippen molar-refractivity contribution in [3.05, 3.63) is 10.8 Å². The Hall–Kier alpha value is -1.18. The van der Waals surface area contributed by atoms with Gasteiger partial charge >= 0.3 is 0 Å². The maximum absolute atomic E-state index is 5.95. The zero-order valence-corrected chi connectivity index (χ0v) is 16.3. The highest BCUT2D eigenvalue weighted by Crippen LogP contribution is 2.15. The molecule has 0 saturated heterocycles. The number of rotatable bonds is 8. The van der Waals surface area contributed by atoms with Crippen LogP contribution in [0.5, 0.6) is 0 Å². The summed E-state index contributed by atoms with van der Waals surface area (Å²) in [5.41, 5.74) is 5.74. The summed E-state index contributed by atoms with van der Waals surface area (Å²) in [5, 5.41) is 16.6. The maximum atomic E-state index is 5.95. The van der Waals surface area contributed by atoms with E-state index in [1.807, 2.05) is 48.9 Å². The van der Waals surface area contributed by atoms with Crippen LogP contribution in [0.15, 0.2) is 21.0 Å². The Morgan fingerprint density at radius 1 is 1.21 bits per heavy atom. The van der Waals surface area contributed by atoms with Gasteiger partial charge in [0.1, 0.15) is 0 Å². The quantitative estimate of drug-likeness (QED) is 0.183. The van der Waals surface area contributed by atoms with Crippen LogP contribution < -0.4 is 22.8 Å². The van der Waals surface area contributed by atoms with Crippen molar-refractivity contribution in [3.63, 3.8) is 0 Å². The van der Waals surface area contributed by atoms with Crippen LogP contribution in [0.2, 0.25) is 0 Å². The third kappa shape index (κ3) is 8.08. The number of hydrazine groups is 3. The minimum Gasteiger partial charge on any atom is -0.321 e. The molecule has 1 aliphatic heterocycles. The molecule has 0 aromatic carbocycles. The fourth-order valence-electron chi connectivity index (χ4n) is 1.54. The Bertz CT molecular complexity index is 445. The monoisotopic (exact) mass is 376 g/mol. The molecule has 138 valence electrons. The molecule has 1 heterocycles. The number of thioether (sulfide) groups is 2. The largest absolute Gasteiger partial charge is 0.321 e. The van der Waals surface area contributed by atoms with Crippen molar-refractivity contribution < 1.29 is 0 Å². The Labute approximate surface area is 152 Å². The predicted octanol–water partition coefficient (Wildman–Crippen LogP) is -0.952. The van der Waals surface area contributed by atoms with Gasteiger partial charge in [-0.25, -0.2) is 11.4 Å². The van der Waals surface area contributed by atoms with E-state index in [1.54, 1.807) is 5.01 Å². The van der Waals surface area contributed by atoms with E-state index < -0.39 is 0 Å². The average molecular weight is 377 g/mol.